The molecule has 0 saturated carbocycles. The molecular weight excluding hydrogens is 368 g/mol. The summed E-state index contributed by atoms with van der Waals surface area (Å²) >= 11 is 0. The van der Waals surface area contributed by atoms with Crippen molar-refractivity contribution in [2.24, 2.45) is 11.0 Å². The minimum absolute atomic E-state index is 0.0313. The molecule has 10 heteroatoms. The van der Waals surface area contributed by atoms with Crippen LogP contribution in [0.2, 0.25) is 0 Å². The Bertz CT molecular complexity index is 875. The molecule has 1 N–H and O–H groups in total. The number of carbonyl (C=O) groups is 1. The van der Waals surface area contributed by atoms with Gasteiger partial charge in [0.1, 0.15) is 11.3 Å². The van der Waals surface area contributed by atoms with Crippen LogP contribution in [0.5, 0.6) is 0 Å². The Morgan fingerprint density at radius 3 is 2.54 bits per heavy atom. The van der Waals surface area contributed by atoms with Crippen molar-refractivity contribution in [3.8, 4) is 0 Å². The minimum Gasteiger partial charge on any atom is -0.459 e. The third-order valence-electron chi connectivity index (χ3n) is 4.52. The number of nitro groups is 2. The molecule has 10 nitrogen and oxygen atoms in total. The number of nitro benzene ring substituents is 2. The number of benzene rings is 1. The minimum atomic E-state index is -0.815. The average Bonchev–Trinajstić information content (AvgIpc) is 2.58. The number of hydrazone groups is 1. The molecule has 1 aromatic carbocycles. The first kappa shape index (κ1) is 21.0. The predicted octanol–water partition coefficient (Wildman–Crippen LogP) is 3.97. The number of allylic oxidation sites excluding steroid dienone is 2. The van der Waals surface area contributed by atoms with Gasteiger partial charge in [0.15, 0.2) is 0 Å². The Morgan fingerprint density at radius 1 is 1.29 bits per heavy atom. The van der Waals surface area contributed by atoms with E-state index in [-0.39, 0.29) is 17.3 Å². The van der Waals surface area contributed by atoms with Gasteiger partial charge in [-0.2, -0.15) is 5.10 Å². The van der Waals surface area contributed by atoms with Crippen LogP contribution in [-0.2, 0) is 9.53 Å². The molecule has 1 aliphatic rings. The lowest BCUT2D eigenvalue weighted by Gasteiger charge is -2.36. The van der Waals surface area contributed by atoms with Crippen molar-refractivity contribution in [3.63, 3.8) is 0 Å². The third-order valence-corrected chi connectivity index (χ3v) is 4.52. The quantitative estimate of drug-likeness (QED) is 0.441. The maximum Gasteiger partial charge on any atom is 0.303 e. The molecule has 0 saturated heterocycles. The van der Waals surface area contributed by atoms with Crippen molar-refractivity contribution >= 4 is 28.7 Å². The summed E-state index contributed by atoms with van der Waals surface area (Å²) in [7, 11) is 0. The van der Waals surface area contributed by atoms with Crippen LogP contribution in [0.1, 0.15) is 40.5 Å². The van der Waals surface area contributed by atoms with E-state index in [1.807, 2.05) is 13.0 Å². The number of rotatable bonds is 6. The fourth-order valence-electron chi connectivity index (χ4n) is 3.20. The lowest BCUT2D eigenvalue weighted by Crippen LogP contribution is -2.41. The van der Waals surface area contributed by atoms with Crippen LogP contribution in [0, 0.1) is 26.1 Å². The van der Waals surface area contributed by atoms with E-state index in [0.717, 1.165) is 24.1 Å². The van der Waals surface area contributed by atoms with Gasteiger partial charge in [0.05, 0.1) is 21.6 Å². The summed E-state index contributed by atoms with van der Waals surface area (Å²) in [6.45, 7) is 6.86. The molecular formula is C18H22N4O6. The molecule has 1 aromatic rings. The molecule has 0 heterocycles. The van der Waals surface area contributed by atoms with Gasteiger partial charge in [0.25, 0.3) is 5.69 Å². The first-order chi connectivity index (χ1) is 13.0. The molecule has 1 aliphatic carbocycles. The summed E-state index contributed by atoms with van der Waals surface area (Å²) in [5.41, 5.74) is 2.69. The summed E-state index contributed by atoms with van der Waals surface area (Å²) < 4.78 is 5.44. The molecule has 150 valence electrons. The van der Waals surface area contributed by atoms with Gasteiger partial charge in [0.2, 0.25) is 0 Å². The van der Waals surface area contributed by atoms with E-state index >= 15 is 0 Å². The van der Waals surface area contributed by atoms with E-state index < -0.39 is 27.1 Å². The summed E-state index contributed by atoms with van der Waals surface area (Å²) in [5, 5.41) is 26.4. The Kier molecular flexibility index (Phi) is 6.12. The SMILES string of the molecule is CC(=O)OC(C)(C)[C@H]1CCC(C)=C/C1=N\Nc1ccc([N+](=O)[O-])cc1[N+](=O)[O-]. The highest BCUT2D eigenvalue weighted by molar-refractivity contribution is 5.99. The van der Waals surface area contributed by atoms with Crippen molar-refractivity contribution in [2.45, 2.75) is 46.1 Å². The normalized spacial score (nSPS) is 18.4. The lowest BCUT2D eigenvalue weighted by molar-refractivity contribution is -0.393. The Morgan fingerprint density at radius 2 is 1.96 bits per heavy atom. The fraction of sp³-hybridized carbons (Fsp3) is 0.444. The molecule has 0 fully saturated rings. The highest BCUT2D eigenvalue weighted by Gasteiger charge is 2.37. The second kappa shape index (κ2) is 8.15. The van der Waals surface area contributed by atoms with Crippen molar-refractivity contribution < 1.29 is 19.4 Å². The largest absolute Gasteiger partial charge is 0.459 e. The van der Waals surface area contributed by atoms with Crippen LogP contribution in [-0.4, -0.2) is 27.1 Å². The van der Waals surface area contributed by atoms with Gasteiger partial charge in [-0.05, 0) is 45.8 Å². The van der Waals surface area contributed by atoms with Crippen molar-refractivity contribution in [3.05, 3.63) is 50.1 Å². The molecule has 2 rings (SSSR count). The molecule has 28 heavy (non-hydrogen) atoms. The number of esters is 1. The monoisotopic (exact) mass is 390 g/mol. The summed E-state index contributed by atoms with van der Waals surface area (Å²) in [6, 6.07) is 3.29. The topological polar surface area (TPSA) is 137 Å². The van der Waals surface area contributed by atoms with Gasteiger partial charge in [-0.3, -0.25) is 30.4 Å². The van der Waals surface area contributed by atoms with Gasteiger partial charge in [0, 0.05) is 18.9 Å². The van der Waals surface area contributed by atoms with Crippen molar-refractivity contribution in [1.29, 1.82) is 0 Å². The summed E-state index contributed by atoms with van der Waals surface area (Å²) in [4.78, 5) is 32.1. The van der Waals surface area contributed by atoms with Gasteiger partial charge in [-0.1, -0.05) is 5.57 Å². The van der Waals surface area contributed by atoms with Crippen LogP contribution < -0.4 is 5.43 Å². The third kappa shape index (κ3) is 4.90. The van der Waals surface area contributed by atoms with Crippen LogP contribution in [0.3, 0.4) is 0 Å². The maximum absolute atomic E-state index is 11.4. The van der Waals surface area contributed by atoms with E-state index in [1.54, 1.807) is 13.8 Å². The molecule has 0 bridgehead atoms. The smallest absolute Gasteiger partial charge is 0.303 e. The Balaban J connectivity index is 2.39. The first-order valence-corrected chi connectivity index (χ1v) is 8.64. The summed E-state index contributed by atoms with van der Waals surface area (Å²) in [5.74, 6) is -0.626. The zero-order chi connectivity index (χ0) is 21.1. The van der Waals surface area contributed by atoms with Gasteiger partial charge >= 0.3 is 11.7 Å². The van der Waals surface area contributed by atoms with E-state index in [9.17, 15) is 25.0 Å². The van der Waals surface area contributed by atoms with E-state index in [4.69, 9.17) is 4.74 Å². The maximum atomic E-state index is 11.4. The molecule has 1 atom stereocenters. The van der Waals surface area contributed by atoms with Crippen LogP contribution in [0.25, 0.3) is 0 Å². The Hall–Kier alpha value is -3.30. The van der Waals surface area contributed by atoms with Crippen LogP contribution >= 0.6 is 0 Å². The van der Waals surface area contributed by atoms with Gasteiger partial charge in [-0.15, -0.1) is 0 Å². The number of non-ortho nitro benzene ring substituents is 1. The average molecular weight is 390 g/mol. The number of nitrogens with one attached hydrogen (secondary N) is 1. The molecule has 0 unspecified atom stereocenters. The van der Waals surface area contributed by atoms with Crippen molar-refractivity contribution in [1.82, 2.24) is 0 Å². The summed E-state index contributed by atoms with van der Waals surface area (Å²) in [6.07, 6.45) is 3.36. The number of ether oxygens (including phenoxy) is 1. The molecule has 0 aromatic heterocycles. The second-order valence-electron chi connectivity index (χ2n) is 7.14. The first-order valence-electron chi connectivity index (χ1n) is 8.64. The molecule has 0 radical (unpaired) electrons. The number of anilines is 1. The molecule has 0 spiro atoms. The van der Waals surface area contributed by atoms with Crippen LogP contribution in [0.4, 0.5) is 17.1 Å². The Labute approximate surface area is 161 Å². The van der Waals surface area contributed by atoms with E-state index in [1.165, 1.54) is 13.0 Å². The standard InChI is InChI=1S/C18H22N4O6/c1-11-5-7-14(18(3,4)28-12(2)23)16(9-11)20-19-15-8-6-13(21(24)25)10-17(15)22(26)27/h6,8-10,14,19H,5,7H2,1-4H3/b20-16+/t14-/m0/s1. The highest BCUT2D eigenvalue weighted by atomic mass is 16.6. The highest BCUT2D eigenvalue weighted by Crippen LogP contribution is 2.34. The second-order valence-corrected chi connectivity index (χ2v) is 7.14. The number of carbonyl (C=O) groups excluding carboxylic acids is 1. The van der Waals surface area contributed by atoms with Gasteiger partial charge in [-0.25, -0.2) is 0 Å². The fourth-order valence-corrected chi connectivity index (χ4v) is 3.20. The predicted molar refractivity (Wildman–Crippen MR) is 103 cm³/mol. The van der Waals surface area contributed by atoms with Gasteiger partial charge < -0.3 is 4.74 Å². The molecule has 0 aliphatic heterocycles. The van der Waals surface area contributed by atoms with E-state index in [2.05, 4.69) is 10.5 Å². The number of hydrogen-bond donors (Lipinski definition) is 1. The van der Waals surface area contributed by atoms with Crippen molar-refractivity contribution in [2.75, 3.05) is 5.43 Å². The number of hydrogen-bond acceptors (Lipinski definition) is 8. The lowest BCUT2D eigenvalue weighted by atomic mass is 9.78. The number of nitrogens with zero attached hydrogens (tertiary/aromatic N) is 3. The zero-order valence-electron chi connectivity index (χ0n) is 16.1. The zero-order valence-corrected chi connectivity index (χ0v) is 16.1. The van der Waals surface area contributed by atoms with E-state index in [0.29, 0.717) is 12.1 Å². The van der Waals surface area contributed by atoms with Crippen LogP contribution in [0.15, 0.2) is 34.9 Å². The molecule has 0 amide bonds.